The highest BCUT2D eigenvalue weighted by Crippen LogP contribution is 2.61. The van der Waals surface area contributed by atoms with Gasteiger partial charge in [-0.3, -0.25) is 14.6 Å². The average Bonchev–Trinajstić information content (AvgIpc) is 3.04. The second-order valence-corrected chi connectivity index (χ2v) is 11.0. The first-order valence-electron chi connectivity index (χ1n) is 10.7. The predicted octanol–water partition coefficient (Wildman–Crippen LogP) is 3.34. The van der Waals surface area contributed by atoms with Gasteiger partial charge >= 0.3 is 0 Å². The SMILES string of the molecule is CC(C)C[C@H](NC(=O)CC12CC3CC(CC(C3)C1)C2)C(=O)NC1=NCCS1. The van der Waals surface area contributed by atoms with Gasteiger partial charge in [0.15, 0.2) is 5.17 Å². The van der Waals surface area contributed by atoms with Gasteiger partial charge in [0, 0.05) is 12.2 Å². The van der Waals surface area contributed by atoms with Crippen LogP contribution in [0, 0.1) is 29.1 Å². The van der Waals surface area contributed by atoms with Gasteiger partial charge in [-0.2, -0.15) is 0 Å². The summed E-state index contributed by atoms with van der Waals surface area (Å²) < 4.78 is 0. The molecule has 150 valence electrons. The first kappa shape index (κ1) is 19.3. The van der Waals surface area contributed by atoms with Crippen LogP contribution in [0.25, 0.3) is 0 Å². The standard InChI is InChI=1S/C21H33N3O2S/c1-13(2)5-17(19(26)24-20-22-3-4-27-20)23-18(25)12-21-9-14-6-15(10-21)8-16(7-14)11-21/h13-17H,3-12H2,1-2H3,(H,23,25)(H,22,24,26)/t14?,15?,16?,17-,21?/m0/s1. The fraction of sp³-hybridized carbons (Fsp3) is 0.857. The predicted molar refractivity (Wildman–Crippen MR) is 110 cm³/mol. The number of aliphatic imine (C=N–C) groups is 1. The zero-order valence-corrected chi connectivity index (χ0v) is 17.4. The van der Waals surface area contributed by atoms with E-state index in [1.807, 2.05) is 0 Å². The minimum atomic E-state index is -0.463. The summed E-state index contributed by atoms with van der Waals surface area (Å²) in [6.07, 6.45) is 9.10. The Morgan fingerprint density at radius 3 is 2.30 bits per heavy atom. The molecule has 1 aliphatic heterocycles. The van der Waals surface area contributed by atoms with Crippen LogP contribution in [0.2, 0.25) is 0 Å². The number of carbonyl (C=O) groups is 2. The van der Waals surface area contributed by atoms with Gasteiger partial charge in [0.05, 0.1) is 6.54 Å². The molecule has 27 heavy (non-hydrogen) atoms. The van der Waals surface area contributed by atoms with Crippen LogP contribution in [0.15, 0.2) is 4.99 Å². The first-order chi connectivity index (χ1) is 12.9. The monoisotopic (exact) mass is 391 g/mol. The van der Waals surface area contributed by atoms with E-state index in [-0.39, 0.29) is 17.2 Å². The number of hydrogen-bond donors (Lipinski definition) is 2. The maximum Gasteiger partial charge on any atom is 0.248 e. The van der Waals surface area contributed by atoms with Crippen LogP contribution in [-0.4, -0.2) is 35.3 Å². The molecule has 0 aromatic rings. The zero-order chi connectivity index (χ0) is 19.0. The molecule has 1 atom stereocenters. The third-order valence-corrected chi connectivity index (χ3v) is 7.77. The number of amides is 2. The Balaban J connectivity index is 1.37. The number of hydrogen-bond acceptors (Lipinski definition) is 4. The fourth-order valence-corrected chi connectivity index (χ4v) is 7.13. The van der Waals surface area contributed by atoms with E-state index in [2.05, 4.69) is 29.5 Å². The van der Waals surface area contributed by atoms with Crippen molar-refractivity contribution < 1.29 is 9.59 Å². The number of nitrogens with one attached hydrogen (secondary N) is 2. The zero-order valence-electron chi connectivity index (χ0n) is 16.6. The number of rotatable bonds is 6. The van der Waals surface area contributed by atoms with E-state index in [0.717, 1.165) is 30.1 Å². The molecule has 4 aliphatic carbocycles. The van der Waals surface area contributed by atoms with Crippen LogP contribution in [0.1, 0.15) is 65.2 Å². The lowest BCUT2D eigenvalue weighted by Crippen LogP contribution is -2.51. The van der Waals surface area contributed by atoms with Crippen molar-refractivity contribution in [2.24, 2.45) is 34.1 Å². The van der Waals surface area contributed by atoms with Gasteiger partial charge in [0.25, 0.3) is 0 Å². The highest BCUT2D eigenvalue weighted by molar-refractivity contribution is 8.14. The molecule has 0 saturated heterocycles. The normalized spacial score (nSPS) is 35.2. The lowest BCUT2D eigenvalue weighted by atomic mass is 9.49. The maximum atomic E-state index is 12.9. The number of nitrogens with zero attached hydrogens (tertiary/aromatic N) is 1. The molecule has 4 bridgehead atoms. The van der Waals surface area contributed by atoms with E-state index >= 15 is 0 Å². The largest absolute Gasteiger partial charge is 0.344 e. The molecule has 5 aliphatic rings. The summed E-state index contributed by atoms with van der Waals surface area (Å²) >= 11 is 1.58. The topological polar surface area (TPSA) is 70.6 Å². The Morgan fingerprint density at radius 1 is 1.15 bits per heavy atom. The van der Waals surface area contributed by atoms with Gasteiger partial charge < -0.3 is 10.6 Å². The van der Waals surface area contributed by atoms with Crippen molar-refractivity contribution in [2.75, 3.05) is 12.3 Å². The number of carbonyl (C=O) groups excluding carboxylic acids is 2. The fourth-order valence-electron chi connectivity index (χ4n) is 6.40. The van der Waals surface area contributed by atoms with E-state index in [1.165, 1.54) is 38.5 Å². The van der Waals surface area contributed by atoms with Gasteiger partial charge in [-0.25, -0.2) is 0 Å². The van der Waals surface area contributed by atoms with Crippen LogP contribution in [0.5, 0.6) is 0 Å². The third kappa shape index (κ3) is 4.52. The highest BCUT2D eigenvalue weighted by Gasteiger charge is 2.51. The molecule has 5 nitrogen and oxygen atoms in total. The van der Waals surface area contributed by atoms with Crippen LogP contribution >= 0.6 is 11.8 Å². The van der Waals surface area contributed by atoms with Crippen molar-refractivity contribution in [1.29, 1.82) is 0 Å². The van der Waals surface area contributed by atoms with Gasteiger partial charge in [0.2, 0.25) is 11.8 Å². The summed E-state index contributed by atoms with van der Waals surface area (Å²) in [6.45, 7) is 4.94. The second kappa shape index (κ2) is 7.76. The van der Waals surface area contributed by atoms with Crippen LogP contribution < -0.4 is 10.6 Å². The lowest BCUT2D eigenvalue weighted by Gasteiger charge is -2.56. The summed E-state index contributed by atoms with van der Waals surface area (Å²) in [7, 11) is 0. The molecule has 5 rings (SSSR count). The van der Waals surface area contributed by atoms with E-state index in [1.54, 1.807) is 11.8 Å². The second-order valence-electron chi connectivity index (χ2n) is 9.87. The molecule has 2 N–H and O–H groups in total. The Bertz CT molecular complexity index is 596. The van der Waals surface area contributed by atoms with Crippen LogP contribution in [-0.2, 0) is 9.59 Å². The minimum Gasteiger partial charge on any atom is -0.344 e. The maximum absolute atomic E-state index is 12.9. The minimum absolute atomic E-state index is 0.0683. The van der Waals surface area contributed by atoms with Crippen molar-refractivity contribution in [2.45, 2.75) is 71.3 Å². The van der Waals surface area contributed by atoms with E-state index in [0.29, 0.717) is 23.9 Å². The molecule has 0 unspecified atom stereocenters. The van der Waals surface area contributed by atoms with E-state index < -0.39 is 6.04 Å². The Morgan fingerprint density at radius 2 is 1.78 bits per heavy atom. The molecule has 2 amide bonds. The summed E-state index contributed by atoms with van der Waals surface area (Å²) in [4.78, 5) is 29.9. The van der Waals surface area contributed by atoms with Crippen molar-refractivity contribution in [1.82, 2.24) is 10.6 Å². The Hall–Kier alpha value is -1.04. The molecule has 0 aromatic heterocycles. The molecule has 4 fully saturated rings. The number of amidine groups is 1. The van der Waals surface area contributed by atoms with Crippen molar-refractivity contribution in [3.8, 4) is 0 Å². The lowest BCUT2D eigenvalue weighted by molar-refractivity contribution is -0.133. The summed E-state index contributed by atoms with van der Waals surface area (Å²) in [5.74, 6) is 3.75. The molecule has 4 saturated carbocycles. The van der Waals surface area contributed by atoms with Crippen molar-refractivity contribution >= 4 is 28.7 Å². The molecule has 0 spiro atoms. The first-order valence-corrected chi connectivity index (χ1v) is 11.7. The third-order valence-electron chi connectivity index (χ3n) is 6.88. The number of thioether (sulfide) groups is 1. The quantitative estimate of drug-likeness (QED) is 0.729. The smallest absolute Gasteiger partial charge is 0.248 e. The Kier molecular flexibility index (Phi) is 5.55. The molecular weight excluding hydrogens is 358 g/mol. The van der Waals surface area contributed by atoms with Crippen LogP contribution in [0.4, 0.5) is 0 Å². The summed E-state index contributed by atoms with van der Waals surface area (Å²) in [5, 5.41) is 6.69. The average molecular weight is 392 g/mol. The molecule has 0 aromatic carbocycles. The van der Waals surface area contributed by atoms with E-state index in [9.17, 15) is 9.59 Å². The van der Waals surface area contributed by atoms with Gasteiger partial charge in [-0.15, -0.1) is 0 Å². The van der Waals surface area contributed by atoms with Crippen molar-refractivity contribution in [3.63, 3.8) is 0 Å². The Labute approximate surface area is 166 Å². The summed E-state index contributed by atoms with van der Waals surface area (Å²) in [5.41, 5.74) is 0.211. The molecular formula is C21H33N3O2S. The summed E-state index contributed by atoms with van der Waals surface area (Å²) in [6, 6.07) is -0.463. The molecule has 6 heteroatoms. The van der Waals surface area contributed by atoms with Crippen LogP contribution in [0.3, 0.4) is 0 Å². The molecule has 0 radical (unpaired) electrons. The molecule has 1 heterocycles. The van der Waals surface area contributed by atoms with Gasteiger partial charge in [0.1, 0.15) is 6.04 Å². The van der Waals surface area contributed by atoms with Crippen molar-refractivity contribution in [3.05, 3.63) is 0 Å². The van der Waals surface area contributed by atoms with Gasteiger partial charge in [-0.1, -0.05) is 25.6 Å². The van der Waals surface area contributed by atoms with E-state index in [4.69, 9.17) is 0 Å². The highest BCUT2D eigenvalue weighted by atomic mass is 32.2. The van der Waals surface area contributed by atoms with Gasteiger partial charge in [-0.05, 0) is 74.0 Å².